The van der Waals surface area contributed by atoms with Crippen LogP contribution in [0.15, 0.2) is 72.3 Å². The third-order valence-corrected chi connectivity index (χ3v) is 5.44. The van der Waals surface area contributed by atoms with Crippen LogP contribution in [-0.2, 0) is 16.2 Å². The third kappa shape index (κ3) is 4.68. The lowest BCUT2D eigenvalue weighted by Crippen LogP contribution is -2.54. The number of ether oxygens (including phenoxy) is 2. The van der Waals surface area contributed by atoms with Crippen LogP contribution >= 0.6 is 0 Å². The molecule has 0 spiro atoms. The van der Waals surface area contributed by atoms with Crippen LogP contribution in [0, 0.1) is 13.8 Å². The molecule has 0 saturated carbocycles. The van der Waals surface area contributed by atoms with Crippen molar-refractivity contribution in [3.63, 3.8) is 0 Å². The molecule has 0 radical (unpaired) electrons. The van der Waals surface area contributed by atoms with Gasteiger partial charge in [0, 0.05) is 0 Å². The number of methoxy groups -OCH3 is 1. The minimum Gasteiger partial charge on any atom is -0.493 e. The predicted octanol–water partition coefficient (Wildman–Crippen LogP) is 4.56. The third-order valence-electron chi connectivity index (χ3n) is 5.44. The van der Waals surface area contributed by atoms with Crippen molar-refractivity contribution in [1.29, 1.82) is 0 Å². The number of barbiturate groups is 1. The first-order chi connectivity index (χ1) is 16.4. The second-order valence-corrected chi connectivity index (χ2v) is 7.93. The van der Waals surface area contributed by atoms with Gasteiger partial charge in [0.1, 0.15) is 12.2 Å². The molecule has 1 aliphatic rings. The van der Waals surface area contributed by atoms with Crippen LogP contribution in [0.1, 0.15) is 22.3 Å². The van der Waals surface area contributed by atoms with E-state index in [9.17, 15) is 14.4 Å². The van der Waals surface area contributed by atoms with Gasteiger partial charge in [0.15, 0.2) is 11.5 Å². The summed E-state index contributed by atoms with van der Waals surface area (Å²) < 4.78 is 11.3. The predicted molar refractivity (Wildman–Crippen MR) is 129 cm³/mol. The van der Waals surface area contributed by atoms with Gasteiger partial charge < -0.3 is 9.47 Å². The van der Waals surface area contributed by atoms with Gasteiger partial charge >= 0.3 is 6.03 Å². The lowest BCUT2D eigenvalue weighted by atomic mass is 10.0. The zero-order valence-electron chi connectivity index (χ0n) is 19.1. The van der Waals surface area contributed by atoms with Crippen LogP contribution < -0.4 is 19.7 Å². The van der Waals surface area contributed by atoms with E-state index in [-0.39, 0.29) is 5.57 Å². The molecule has 3 aromatic carbocycles. The first-order valence-corrected chi connectivity index (χ1v) is 10.7. The molecule has 1 heterocycles. The van der Waals surface area contributed by atoms with Crippen molar-refractivity contribution in [2.45, 2.75) is 20.5 Å². The summed E-state index contributed by atoms with van der Waals surface area (Å²) in [5, 5.41) is 2.26. The van der Waals surface area contributed by atoms with E-state index in [2.05, 4.69) is 5.32 Å². The van der Waals surface area contributed by atoms with Crippen molar-refractivity contribution in [2.24, 2.45) is 0 Å². The number of rotatable bonds is 6. The van der Waals surface area contributed by atoms with E-state index in [1.54, 1.807) is 31.2 Å². The molecule has 0 bridgehead atoms. The number of nitrogens with one attached hydrogen (secondary N) is 1. The van der Waals surface area contributed by atoms with Gasteiger partial charge in [-0.3, -0.25) is 14.9 Å². The summed E-state index contributed by atoms with van der Waals surface area (Å²) in [6.45, 7) is 4.03. The number of urea groups is 1. The standard InChI is InChI=1S/C27H24N2O5/c1-17-9-10-18(2)22(13-17)29-26(31)21(25(30)28-27(29)32)14-20-11-12-23(24(15-20)33-3)34-16-19-7-5-4-6-8-19/h4-15H,16H2,1-3H3,(H,28,30,32)/b21-14+. The van der Waals surface area contributed by atoms with E-state index in [0.29, 0.717) is 29.4 Å². The van der Waals surface area contributed by atoms with Crippen molar-refractivity contribution in [1.82, 2.24) is 5.32 Å². The summed E-state index contributed by atoms with van der Waals surface area (Å²) in [5.41, 5.74) is 3.47. The molecule has 7 heteroatoms. The summed E-state index contributed by atoms with van der Waals surface area (Å²) in [7, 11) is 1.51. The average molecular weight is 456 g/mol. The molecule has 172 valence electrons. The Bertz CT molecular complexity index is 1300. The van der Waals surface area contributed by atoms with Gasteiger partial charge in [-0.2, -0.15) is 0 Å². The molecule has 1 aliphatic heterocycles. The molecule has 1 N–H and O–H groups in total. The highest BCUT2D eigenvalue weighted by molar-refractivity contribution is 6.39. The van der Waals surface area contributed by atoms with Crippen molar-refractivity contribution >= 4 is 29.6 Å². The molecule has 7 nitrogen and oxygen atoms in total. The van der Waals surface area contributed by atoms with E-state index < -0.39 is 17.8 Å². The molecule has 4 amide bonds. The molecule has 0 unspecified atom stereocenters. The summed E-state index contributed by atoms with van der Waals surface area (Å²) in [5.74, 6) is -0.456. The van der Waals surface area contributed by atoms with Gasteiger partial charge in [-0.1, -0.05) is 48.5 Å². The normalized spacial score (nSPS) is 14.9. The molecule has 34 heavy (non-hydrogen) atoms. The Kier molecular flexibility index (Phi) is 6.45. The number of nitrogens with zero attached hydrogens (tertiary/aromatic N) is 1. The zero-order chi connectivity index (χ0) is 24.2. The Balaban J connectivity index is 1.63. The molecule has 4 rings (SSSR count). The number of carbonyl (C=O) groups excluding carboxylic acids is 3. The monoisotopic (exact) mass is 456 g/mol. The van der Waals surface area contributed by atoms with Gasteiger partial charge in [-0.05, 0) is 60.4 Å². The minimum absolute atomic E-state index is 0.152. The highest BCUT2D eigenvalue weighted by atomic mass is 16.5. The summed E-state index contributed by atoms with van der Waals surface area (Å²) in [6, 6.07) is 19.5. The number of imide groups is 2. The first kappa shape index (κ1) is 22.8. The number of hydrogen-bond acceptors (Lipinski definition) is 5. The number of aryl methyl sites for hydroxylation is 2. The SMILES string of the molecule is COc1cc(/C=C2\C(=O)NC(=O)N(c3cc(C)ccc3C)C2=O)ccc1OCc1ccccc1. The molecule has 3 aromatic rings. The van der Waals surface area contributed by atoms with Crippen molar-refractivity contribution in [3.8, 4) is 11.5 Å². The van der Waals surface area contributed by atoms with Crippen molar-refractivity contribution in [3.05, 3.63) is 94.6 Å². The summed E-state index contributed by atoms with van der Waals surface area (Å²) >= 11 is 0. The molecule has 0 aromatic heterocycles. The van der Waals surface area contributed by atoms with Crippen LogP contribution in [0.5, 0.6) is 11.5 Å². The fourth-order valence-electron chi connectivity index (χ4n) is 3.63. The highest BCUT2D eigenvalue weighted by Crippen LogP contribution is 2.31. The smallest absolute Gasteiger partial charge is 0.335 e. The fourth-order valence-corrected chi connectivity index (χ4v) is 3.63. The maximum atomic E-state index is 13.2. The molecular weight excluding hydrogens is 432 g/mol. The number of anilines is 1. The Labute approximate surface area is 197 Å². The van der Waals surface area contributed by atoms with E-state index in [1.165, 1.54) is 13.2 Å². The fraction of sp³-hybridized carbons (Fsp3) is 0.148. The maximum absolute atomic E-state index is 13.2. The molecular formula is C27H24N2O5. The van der Waals surface area contributed by atoms with Gasteiger partial charge in [0.05, 0.1) is 12.8 Å². The van der Waals surface area contributed by atoms with Crippen molar-refractivity contribution < 1.29 is 23.9 Å². The van der Waals surface area contributed by atoms with E-state index in [0.717, 1.165) is 21.6 Å². The van der Waals surface area contributed by atoms with Crippen molar-refractivity contribution in [2.75, 3.05) is 12.0 Å². The largest absolute Gasteiger partial charge is 0.493 e. The topological polar surface area (TPSA) is 84.9 Å². The first-order valence-electron chi connectivity index (χ1n) is 10.7. The number of amides is 4. The van der Waals surface area contributed by atoms with Crippen LogP contribution in [0.3, 0.4) is 0 Å². The molecule has 0 atom stereocenters. The molecule has 0 aliphatic carbocycles. The second kappa shape index (κ2) is 9.62. The quantitative estimate of drug-likeness (QED) is 0.434. The van der Waals surface area contributed by atoms with E-state index >= 15 is 0 Å². The summed E-state index contributed by atoms with van der Waals surface area (Å²) in [4.78, 5) is 39.3. The summed E-state index contributed by atoms with van der Waals surface area (Å²) in [6.07, 6.45) is 1.44. The Morgan fingerprint density at radius 2 is 1.68 bits per heavy atom. The average Bonchev–Trinajstić information content (AvgIpc) is 2.83. The zero-order valence-corrected chi connectivity index (χ0v) is 19.1. The van der Waals surface area contributed by atoms with Crippen LogP contribution in [0.4, 0.5) is 10.5 Å². The molecule has 1 saturated heterocycles. The maximum Gasteiger partial charge on any atom is 0.335 e. The lowest BCUT2D eigenvalue weighted by molar-refractivity contribution is -0.122. The van der Waals surface area contributed by atoms with Crippen LogP contribution in [0.2, 0.25) is 0 Å². The van der Waals surface area contributed by atoms with Gasteiger partial charge in [0.25, 0.3) is 11.8 Å². The lowest BCUT2D eigenvalue weighted by Gasteiger charge is -2.27. The molecule has 1 fully saturated rings. The number of benzene rings is 3. The number of hydrogen-bond donors (Lipinski definition) is 1. The Hall–Kier alpha value is -4.39. The number of carbonyl (C=O) groups is 3. The van der Waals surface area contributed by atoms with Gasteiger partial charge in [0.2, 0.25) is 0 Å². The van der Waals surface area contributed by atoms with E-state index in [4.69, 9.17) is 9.47 Å². The Morgan fingerprint density at radius 3 is 2.41 bits per heavy atom. The van der Waals surface area contributed by atoms with Gasteiger partial charge in [-0.25, -0.2) is 9.69 Å². The minimum atomic E-state index is -0.775. The Morgan fingerprint density at radius 1 is 0.912 bits per heavy atom. The van der Waals surface area contributed by atoms with Gasteiger partial charge in [-0.15, -0.1) is 0 Å². The van der Waals surface area contributed by atoms with E-state index in [1.807, 2.05) is 49.4 Å². The second-order valence-electron chi connectivity index (χ2n) is 7.93. The van der Waals surface area contributed by atoms with Crippen LogP contribution in [-0.4, -0.2) is 25.0 Å². The van der Waals surface area contributed by atoms with Crippen LogP contribution in [0.25, 0.3) is 6.08 Å². The highest BCUT2D eigenvalue weighted by Gasteiger charge is 2.37.